The Kier molecular flexibility index (Phi) is 5.12. The Morgan fingerprint density at radius 3 is 2.60 bits per heavy atom. The van der Waals surface area contributed by atoms with Crippen LogP contribution in [0, 0.1) is 0 Å². The van der Waals surface area contributed by atoms with Crippen molar-refractivity contribution >= 4 is 33.4 Å². The molecule has 0 radical (unpaired) electrons. The molecule has 1 unspecified atom stereocenters. The first-order valence-corrected chi connectivity index (χ1v) is 6.04. The quantitative estimate of drug-likeness (QED) is 0.849. The third-order valence-corrected chi connectivity index (χ3v) is 2.91. The first-order valence-electron chi connectivity index (χ1n) is 4.71. The number of carbonyl (C=O) groups is 1. The van der Waals surface area contributed by atoms with Crippen LogP contribution in [-0.4, -0.2) is 17.8 Å². The van der Waals surface area contributed by atoms with E-state index in [-0.39, 0.29) is 11.9 Å². The van der Waals surface area contributed by atoms with E-state index in [1.165, 1.54) is 0 Å². The first-order chi connectivity index (χ1) is 7.11. The van der Waals surface area contributed by atoms with Crippen molar-refractivity contribution in [3.05, 3.63) is 34.3 Å². The Morgan fingerprint density at radius 2 is 2.07 bits per heavy atom. The maximum absolute atomic E-state index is 11.5. The van der Waals surface area contributed by atoms with Gasteiger partial charge in [0.15, 0.2) is 0 Å². The fourth-order valence-corrected chi connectivity index (χ4v) is 1.49. The monoisotopic (exact) mass is 289 g/mol. The van der Waals surface area contributed by atoms with Crippen molar-refractivity contribution in [3.63, 3.8) is 0 Å². The zero-order valence-electron chi connectivity index (χ0n) is 8.47. The van der Waals surface area contributed by atoms with Crippen molar-refractivity contribution in [2.24, 2.45) is 0 Å². The zero-order valence-corrected chi connectivity index (χ0v) is 10.8. The molecule has 1 amide bonds. The third kappa shape index (κ3) is 4.67. The van der Waals surface area contributed by atoms with Crippen LogP contribution in [-0.2, 0) is 11.2 Å². The number of nitrogens with one attached hydrogen (secondary N) is 1. The SMILES string of the molecule is CC(CCl)NC(=O)Cc1ccc(Br)cc1. The molecular formula is C11H13BrClNO. The molecule has 0 spiro atoms. The second kappa shape index (κ2) is 6.13. The van der Waals surface area contributed by atoms with E-state index in [0.29, 0.717) is 12.3 Å². The Hall–Kier alpha value is -0.540. The lowest BCUT2D eigenvalue weighted by atomic mass is 10.1. The fourth-order valence-electron chi connectivity index (χ4n) is 1.15. The molecule has 1 aromatic rings. The summed E-state index contributed by atoms with van der Waals surface area (Å²) in [5, 5.41) is 2.81. The average molecular weight is 291 g/mol. The molecule has 4 heteroatoms. The molecular weight excluding hydrogens is 277 g/mol. The van der Waals surface area contributed by atoms with E-state index < -0.39 is 0 Å². The van der Waals surface area contributed by atoms with Gasteiger partial charge < -0.3 is 5.32 Å². The number of hydrogen-bond donors (Lipinski definition) is 1. The van der Waals surface area contributed by atoms with Gasteiger partial charge in [0.05, 0.1) is 6.42 Å². The molecule has 0 heterocycles. The predicted octanol–water partition coefficient (Wildman–Crippen LogP) is 2.74. The summed E-state index contributed by atoms with van der Waals surface area (Å²) >= 11 is 8.94. The highest BCUT2D eigenvalue weighted by atomic mass is 79.9. The van der Waals surface area contributed by atoms with Crippen molar-refractivity contribution in [1.29, 1.82) is 0 Å². The lowest BCUT2D eigenvalue weighted by molar-refractivity contribution is -0.120. The van der Waals surface area contributed by atoms with Crippen LogP contribution >= 0.6 is 27.5 Å². The van der Waals surface area contributed by atoms with Gasteiger partial charge in [0.25, 0.3) is 0 Å². The number of hydrogen-bond acceptors (Lipinski definition) is 1. The van der Waals surface area contributed by atoms with E-state index in [0.717, 1.165) is 10.0 Å². The minimum atomic E-state index is 0.00507. The van der Waals surface area contributed by atoms with E-state index in [1.807, 2.05) is 31.2 Å². The molecule has 1 aromatic carbocycles. The fraction of sp³-hybridized carbons (Fsp3) is 0.364. The van der Waals surface area contributed by atoms with Gasteiger partial charge in [-0.3, -0.25) is 4.79 Å². The molecule has 0 bridgehead atoms. The van der Waals surface area contributed by atoms with Gasteiger partial charge in [-0.2, -0.15) is 0 Å². The summed E-state index contributed by atoms with van der Waals surface area (Å²) in [6.07, 6.45) is 0.397. The van der Waals surface area contributed by atoms with Crippen molar-refractivity contribution in [2.75, 3.05) is 5.88 Å². The molecule has 0 saturated heterocycles. The topological polar surface area (TPSA) is 29.1 Å². The molecule has 0 saturated carbocycles. The highest BCUT2D eigenvalue weighted by molar-refractivity contribution is 9.10. The van der Waals surface area contributed by atoms with Crippen LogP contribution in [0.15, 0.2) is 28.7 Å². The Balaban J connectivity index is 2.48. The summed E-state index contributed by atoms with van der Waals surface area (Å²) in [5.41, 5.74) is 0.998. The lowest BCUT2D eigenvalue weighted by Crippen LogP contribution is -2.34. The molecule has 0 aliphatic heterocycles. The Bertz CT molecular complexity index is 326. The number of benzene rings is 1. The summed E-state index contributed by atoms with van der Waals surface area (Å²) in [6.45, 7) is 1.88. The van der Waals surface area contributed by atoms with Gasteiger partial charge in [-0.05, 0) is 24.6 Å². The molecule has 1 rings (SSSR count). The summed E-state index contributed by atoms with van der Waals surface area (Å²) < 4.78 is 1.01. The highest BCUT2D eigenvalue weighted by Gasteiger charge is 2.06. The van der Waals surface area contributed by atoms with Gasteiger partial charge >= 0.3 is 0 Å². The van der Waals surface area contributed by atoms with Crippen LogP contribution in [0.25, 0.3) is 0 Å². The van der Waals surface area contributed by atoms with Crippen LogP contribution in [0.3, 0.4) is 0 Å². The first kappa shape index (κ1) is 12.5. The normalized spacial score (nSPS) is 12.2. The minimum absolute atomic E-state index is 0.00507. The standard InChI is InChI=1S/C11H13BrClNO/c1-8(7-13)14-11(15)6-9-2-4-10(12)5-3-9/h2-5,8H,6-7H2,1H3,(H,14,15). The number of amides is 1. The van der Waals surface area contributed by atoms with E-state index in [4.69, 9.17) is 11.6 Å². The highest BCUT2D eigenvalue weighted by Crippen LogP contribution is 2.10. The van der Waals surface area contributed by atoms with Gasteiger partial charge in [-0.15, -0.1) is 11.6 Å². The van der Waals surface area contributed by atoms with Crippen LogP contribution in [0.1, 0.15) is 12.5 Å². The van der Waals surface area contributed by atoms with Crippen molar-refractivity contribution < 1.29 is 4.79 Å². The zero-order chi connectivity index (χ0) is 11.3. The molecule has 0 aromatic heterocycles. The number of alkyl halides is 1. The van der Waals surface area contributed by atoms with Crippen LogP contribution < -0.4 is 5.32 Å². The van der Waals surface area contributed by atoms with Gasteiger partial charge in [0.1, 0.15) is 0 Å². The molecule has 0 aliphatic carbocycles. The lowest BCUT2D eigenvalue weighted by Gasteiger charge is -2.10. The minimum Gasteiger partial charge on any atom is -0.352 e. The summed E-state index contributed by atoms with van der Waals surface area (Å²) in [5.74, 6) is 0.442. The van der Waals surface area contributed by atoms with E-state index in [2.05, 4.69) is 21.2 Å². The summed E-state index contributed by atoms with van der Waals surface area (Å²) in [4.78, 5) is 11.5. The smallest absolute Gasteiger partial charge is 0.224 e. The number of rotatable bonds is 4. The van der Waals surface area contributed by atoms with Gasteiger partial charge in [0, 0.05) is 16.4 Å². The van der Waals surface area contributed by atoms with Crippen LogP contribution in [0.2, 0.25) is 0 Å². The van der Waals surface area contributed by atoms with Crippen molar-refractivity contribution in [1.82, 2.24) is 5.32 Å². The van der Waals surface area contributed by atoms with Crippen LogP contribution in [0.4, 0.5) is 0 Å². The molecule has 0 fully saturated rings. The molecule has 1 N–H and O–H groups in total. The maximum atomic E-state index is 11.5. The Labute approximate surface area is 103 Å². The average Bonchev–Trinajstić information content (AvgIpc) is 2.21. The third-order valence-electron chi connectivity index (χ3n) is 1.92. The second-order valence-electron chi connectivity index (χ2n) is 3.43. The molecule has 2 nitrogen and oxygen atoms in total. The largest absolute Gasteiger partial charge is 0.352 e. The maximum Gasteiger partial charge on any atom is 0.224 e. The van der Waals surface area contributed by atoms with E-state index in [1.54, 1.807) is 0 Å². The molecule has 0 aliphatic rings. The molecule has 82 valence electrons. The van der Waals surface area contributed by atoms with Crippen molar-refractivity contribution in [3.8, 4) is 0 Å². The molecule has 15 heavy (non-hydrogen) atoms. The van der Waals surface area contributed by atoms with E-state index in [9.17, 15) is 4.79 Å². The van der Waals surface area contributed by atoms with Gasteiger partial charge in [-0.25, -0.2) is 0 Å². The van der Waals surface area contributed by atoms with Crippen LogP contribution in [0.5, 0.6) is 0 Å². The predicted molar refractivity (Wildman–Crippen MR) is 66.2 cm³/mol. The van der Waals surface area contributed by atoms with Gasteiger partial charge in [0.2, 0.25) is 5.91 Å². The van der Waals surface area contributed by atoms with Crippen molar-refractivity contribution in [2.45, 2.75) is 19.4 Å². The summed E-state index contributed by atoms with van der Waals surface area (Å²) in [6, 6.07) is 7.72. The second-order valence-corrected chi connectivity index (χ2v) is 4.65. The van der Waals surface area contributed by atoms with E-state index >= 15 is 0 Å². The number of carbonyl (C=O) groups excluding carboxylic acids is 1. The van der Waals surface area contributed by atoms with Gasteiger partial charge in [-0.1, -0.05) is 28.1 Å². The summed E-state index contributed by atoms with van der Waals surface area (Å²) in [7, 11) is 0. The Morgan fingerprint density at radius 1 is 1.47 bits per heavy atom. The molecule has 1 atom stereocenters. The number of halogens is 2.